The van der Waals surface area contributed by atoms with E-state index in [2.05, 4.69) is 0 Å². The van der Waals surface area contributed by atoms with Gasteiger partial charge in [0.1, 0.15) is 0 Å². The molecular formula is C28H31ClN4O4. The number of carbonyl (C=O) groups excluding carboxylic acids is 3. The van der Waals surface area contributed by atoms with Gasteiger partial charge >= 0.3 is 6.09 Å². The molecule has 0 unspecified atom stereocenters. The first kappa shape index (κ1) is 26.4. The summed E-state index contributed by atoms with van der Waals surface area (Å²) in [6.45, 7) is 5.52. The first-order valence-electron chi connectivity index (χ1n) is 12.3. The Morgan fingerprint density at radius 3 is 2.41 bits per heavy atom. The number of hydrogen-bond donors (Lipinski definition) is 0. The lowest BCUT2D eigenvalue weighted by Crippen LogP contribution is -2.55. The highest BCUT2D eigenvalue weighted by molar-refractivity contribution is 6.35. The number of rotatable bonds is 5. The van der Waals surface area contributed by atoms with Crippen molar-refractivity contribution in [3.8, 4) is 11.3 Å². The van der Waals surface area contributed by atoms with E-state index in [1.807, 2.05) is 32.0 Å². The van der Waals surface area contributed by atoms with E-state index in [4.69, 9.17) is 21.3 Å². The molecule has 2 aromatic carbocycles. The molecule has 3 aromatic rings. The first-order chi connectivity index (χ1) is 17.7. The molecule has 3 amide bonds. The molecule has 1 aliphatic rings. The zero-order valence-electron chi connectivity index (χ0n) is 21.5. The van der Waals surface area contributed by atoms with Crippen molar-refractivity contribution >= 4 is 40.4 Å². The topological polar surface area (TPSA) is 83.0 Å². The van der Waals surface area contributed by atoms with E-state index in [0.29, 0.717) is 53.6 Å². The van der Waals surface area contributed by atoms with Crippen LogP contribution in [0.1, 0.15) is 41.0 Å². The number of pyridine rings is 1. The minimum absolute atomic E-state index is 0.0767. The maximum Gasteiger partial charge on any atom is 0.410 e. The number of hydrogen-bond acceptors (Lipinski definition) is 5. The molecule has 37 heavy (non-hydrogen) atoms. The predicted octanol–water partition coefficient (Wildman–Crippen LogP) is 4.95. The van der Waals surface area contributed by atoms with Crippen molar-refractivity contribution in [2.75, 3.05) is 40.3 Å². The number of aromatic nitrogens is 1. The second kappa shape index (κ2) is 11.2. The van der Waals surface area contributed by atoms with Gasteiger partial charge < -0.3 is 19.4 Å². The third-order valence-corrected chi connectivity index (χ3v) is 6.73. The number of amides is 3. The summed E-state index contributed by atoms with van der Waals surface area (Å²) in [5.41, 5.74) is 3.17. The lowest BCUT2D eigenvalue weighted by Gasteiger charge is -2.39. The van der Waals surface area contributed by atoms with Crippen LogP contribution < -0.4 is 0 Å². The molecule has 1 fully saturated rings. The Balaban J connectivity index is 1.55. The van der Waals surface area contributed by atoms with Gasteiger partial charge in [-0.05, 0) is 43.7 Å². The molecule has 0 aliphatic carbocycles. The molecule has 194 valence electrons. The molecule has 9 heteroatoms. The lowest BCUT2D eigenvalue weighted by molar-refractivity contribution is 0.0412. The highest BCUT2D eigenvalue weighted by atomic mass is 35.5. The van der Waals surface area contributed by atoms with E-state index < -0.39 is 0 Å². The van der Waals surface area contributed by atoms with Crippen LogP contribution in [0.15, 0.2) is 48.5 Å². The highest BCUT2D eigenvalue weighted by Gasteiger charge is 2.31. The van der Waals surface area contributed by atoms with E-state index in [1.54, 1.807) is 54.2 Å². The second-order valence-electron chi connectivity index (χ2n) is 9.41. The number of nitrogens with zero attached hydrogens (tertiary/aromatic N) is 4. The molecule has 0 spiro atoms. The highest BCUT2D eigenvalue weighted by Crippen LogP contribution is 2.29. The minimum Gasteiger partial charge on any atom is -0.449 e. The van der Waals surface area contributed by atoms with Gasteiger partial charge in [0.15, 0.2) is 0 Å². The third-order valence-electron chi connectivity index (χ3n) is 6.42. The van der Waals surface area contributed by atoms with Crippen molar-refractivity contribution in [2.45, 2.75) is 26.3 Å². The zero-order chi connectivity index (χ0) is 26.7. The van der Waals surface area contributed by atoms with Crippen molar-refractivity contribution in [2.24, 2.45) is 0 Å². The molecule has 2 heterocycles. The molecule has 4 rings (SSSR count). The van der Waals surface area contributed by atoms with Gasteiger partial charge in [0, 0.05) is 61.8 Å². The summed E-state index contributed by atoms with van der Waals surface area (Å²) in [5.74, 6) is -0.197. The average molecular weight is 523 g/mol. The van der Waals surface area contributed by atoms with E-state index in [0.717, 1.165) is 17.4 Å². The van der Waals surface area contributed by atoms with Gasteiger partial charge in [-0.3, -0.25) is 9.59 Å². The number of piperazine rings is 1. The predicted molar refractivity (Wildman–Crippen MR) is 144 cm³/mol. The summed E-state index contributed by atoms with van der Waals surface area (Å²) in [7, 11) is 3.42. The quantitative estimate of drug-likeness (QED) is 0.473. The van der Waals surface area contributed by atoms with Crippen LogP contribution in [0.5, 0.6) is 0 Å². The Labute approximate surface area is 221 Å². The summed E-state index contributed by atoms with van der Waals surface area (Å²) in [5, 5.41) is 1.28. The lowest BCUT2D eigenvalue weighted by atomic mass is 10.0. The van der Waals surface area contributed by atoms with E-state index >= 15 is 0 Å². The molecule has 1 saturated heterocycles. The Morgan fingerprint density at radius 2 is 1.76 bits per heavy atom. The smallest absolute Gasteiger partial charge is 0.410 e. The molecular weight excluding hydrogens is 492 g/mol. The molecule has 1 aromatic heterocycles. The van der Waals surface area contributed by atoms with Crippen molar-refractivity contribution in [1.29, 1.82) is 0 Å². The normalized spacial score (nSPS) is 15.5. The molecule has 0 saturated carbocycles. The van der Waals surface area contributed by atoms with Gasteiger partial charge in [-0.25, -0.2) is 9.78 Å². The first-order valence-corrected chi connectivity index (χ1v) is 12.7. The Hall–Kier alpha value is -3.65. The summed E-state index contributed by atoms with van der Waals surface area (Å²) >= 11 is 6.57. The number of fused-ring (bicyclic) bond motifs is 1. The van der Waals surface area contributed by atoms with E-state index in [-0.39, 0.29) is 23.9 Å². The molecule has 0 radical (unpaired) electrons. The number of ether oxygens (including phenoxy) is 1. The second-order valence-corrected chi connectivity index (χ2v) is 9.81. The van der Waals surface area contributed by atoms with Crippen molar-refractivity contribution in [3.63, 3.8) is 0 Å². The zero-order valence-corrected chi connectivity index (χ0v) is 22.3. The fourth-order valence-corrected chi connectivity index (χ4v) is 4.64. The van der Waals surface area contributed by atoms with Gasteiger partial charge in [0.2, 0.25) is 0 Å². The largest absolute Gasteiger partial charge is 0.449 e. The van der Waals surface area contributed by atoms with E-state index in [9.17, 15) is 14.4 Å². The van der Waals surface area contributed by atoms with Crippen molar-refractivity contribution in [1.82, 2.24) is 19.7 Å². The summed E-state index contributed by atoms with van der Waals surface area (Å²) in [6.07, 6.45) is 0.430. The van der Waals surface area contributed by atoms with Gasteiger partial charge in [0.25, 0.3) is 11.8 Å². The third kappa shape index (κ3) is 5.69. The van der Waals surface area contributed by atoms with Crippen molar-refractivity contribution < 1.29 is 19.1 Å². The van der Waals surface area contributed by atoms with Crippen LogP contribution >= 0.6 is 11.6 Å². The Bertz CT molecular complexity index is 1330. The standard InChI is InChI=1S/C28H31ClN4O4/c1-5-14-37-28(36)33-13-12-32(17-18(33)2)27(35)21-10-11-22-23(29)16-24(30-25(22)15-21)19-6-8-20(9-7-19)26(34)31(3)4/h6-11,15-16,18H,5,12-14,17H2,1-4H3/t18-/m1/s1. The van der Waals surface area contributed by atoms with Crippen LogP contribution in [0.2, 0.25) is 5.02 Å². The Morgan fingerprint density at radius 1 is 1.05 bits per heavy atom. The van der Waals surface area contributed by atoms with E-state index in [1.165, 1.54) is 4.90 Å². The fourth-order valence-electron chi connectivity index (χ4n) is 4.38. The van der Waals surface area contributed by atoms with Crippen LogP contribution in [0, 0.1) is 0 Å². The van der Waals surface area contributed by atoms with Crippen LogP contribution in [-0.4, -0.2) is 84.0 Å². The van der Waals surface area contributed by atoms with Crippen LogP contribution in [0.3, 0.4) is 0 Å². The molecule has 1 atom stereocenters. The monoisotopic (exact) mass is 522 g/mol. The summed E-state index contributed by atoms with van der Waals surface area (Å²) in [4.78, 5) is 47.5. The van der Waals surface area contributed by atoms with Crippen molar-refractivity contribution in [3.05, 3.63) is 64.7 Å². The average Bonchev–Trinajstić information content (AvgIpc) is 2.90. The van der Waals surface area contributed by atoms with Crippen LogP contribution in [0.25, 0.3) is 22.2 Å². The molecule has 8 nitrogen and oxygen atoms in total. The fraction of sp³-hybridized carbons (Fsp3) is 0.357. The molecule has 0 bridgehead atoms. The summed E-state index contributed by atoms with van der Waals surface area (Å²) in [6, 6.07) is 14.1. The number of carbonyl (C=O) groups is 3. The number of halogens is 1. The maximum atomic E-state index is 13.3. The minimum atomic E-state index is -0.336. The molecule has 1 aliphatic heterocycles. The maximum absolute atomic E-state index is 13.3. The summed E-state index contributed by atoms with van der Waals surface area (Å²) < 4.78 is 5.26. The van der Waals surface area contributed by atoms with Gasteiger partial charge in [-0.2, -0.15) is 0 Å². The van der Waals surface area contributed by atoms with Gasteiger partial charge in [-0.15, -0.1) is 0 Å². The SMILES string of the molecule is CCCOC(=O)N1CCN(C(=O)c2ccc3c(Cl)cc(-c4ccc(C(=O)N(C)C)cc4)nc3c2)C[C@H]1C. The van der Waals surface area contributed by atoms with Gasteiger partial charge in [-0.1, -0.05) is 36.7 Å². The van der Waals surface area contributed by atoms with Crippen LogP contribution in [0.4, 0.5) is 4.79 Å². The van der Waals surface area contributed by atoms with Gasteiger partial charge in [0.05, 0.1) is 22.8 Å². The van der Waals surface area contributed by atoms with Crippen LogP contribution in [-0.2, 0) is 4.74 Å². The molecule has 0 N–H and O–H groups in total. The number of benzene rings is 2. The Kier molecular flexibility index (Phi) is 7.97.